The third-order valence-electron chi connectivity index (χ3n) is 5.53. The second kappa shape index (κ2) is 10.1. The van der Waals surface area contributed by atoms with Crippen molar-refractivity contribution in [3.8, 4) is 0 Å². The minimum Gasteiger partial charge on any atom is -0.351 e. The fourth-order valence-electron chi connectivity index (χ4n) is 3.94. The predicted octanol–water partition coefficient (Wildman–Crippen LogP) is 3.43. The van der Waals surface area contributed by atoms with Crippen LogP contribution in [0.5, 0.6) is 0 Å². The number of halogens is 1. The quantitative estimate of drug-likeness (QED) is 0.497. The van der Waals surface area contributed by atoms with Gasteiger partial charge in [-0.3, -0.25) is 14.5 Å². The number of unbranched alkanes of at least 4 members (excludes halogenated alkanes) is 1. The number of aryl methyl sites for hydroxylation is 1. The van der Waals surface area contributed by atoms with E-state index in [2.05, 4.69) is 22.4 Å². The molecule has 2 amide bonds. The van der Waals surface area contributed by atoms with Crippen molar-refractivity contribution in [1.29, 1.82) is 0 Å². The number of carbonyl (C=O) groups is 2. The van der Waals surface area contributed by atoms with Crippen molar-refractivity contribution in [2.24, 2.45) is 0 Å². The first-order valence-corrected chi connectivity index (χ1v) is 12.6. The standard InChI is InChI=1S/C25H24FN3O4S/c26-19-11-6-12-20(16-19)29-23(30)17-34(32,33)25(29)22-14-7-13-21(28-22)24(31)27-15-5-4-10-18-8-2-1-3-9-18/h1-3,6-9,11-14,16,25H,4-5,10,15,17H2,(H,27,31). The Morgan fingerprint density at radius 1 is 1.03 bits per heavy atom. The van der Waals surface area contributed by atoms with Gasteiger partial charge in [-0.25, -0.2) is 17.8 Å². The van der Waals surface area contributed by atoms with Gasteiger partial charge in [-0.2, -0.15) is 0 Å². The molecule has 9 heteroatoms. The van der Waals surface area contributed by atoms with E-state index in [1.54, 1.807) is 0 Å². The molecule has 3 aromatic rings. The second-order valence-corrected chi connectivity index (χ2v) is 10.1. The second-order valence-electron chi connectivity index (χ2n) is 8.05. The number of hydrogen-bond donors (Lipinski definition) is 1. The summed E-state index contributed by atoms with van der Waals surface area (Å²) < 4.78 is 39.3. The van der Waals surface area contributed by atoms with Crippen molar-refractivity contribution in [3.63, 3.8) is 0 Å². The number of carbonyl (C=O) groups excluding carboxylic acids is 2. The number of nitrogens with one attached hydrogen (secondary N) is 1. The highest BCUT2D eigenvalue weighted by molar-refractivity contribution is 7.93. The number of rotatable bonds is 8. The number of hydrogen-bond acceptors (Lipinski definition) is 5. The van der Waals surface area contributed by atoms with Crippen molar-refractivity contribution >= 4 is 27.3 Å². The van der Waals surface area contributed by atoms with E-state index in [9.17, 15) is 22.4 Å². The summed E-state index contributed by atoms with van der Waals surface area (Å²) >= 11 is 0. The molecule has 2 heterocycles. The highest BCUT2D eigenvalue weighted by atomic mass is 32.2. The molecule has 2 aromatic carbocycles. The van der Waals surface area contributed by atoms with E-state index in [0.717, 1.165) is 30.2 Å². The van der Waals surface area contributed by atoms with E-state index in [-0.39, 0.29) is 17.1 Å². The lowest BCUT2D eigenvalue weighted by Crippen LogP contribution is -2.31. The molecule has 1 atom stereocenters. The minimum atomic E-state index is -3.93. The first-order chi connectivity index (χ1) is 16.3. The van der Waals surface area contributed by atoms with Crippen LogP contribution in [-0.2, 0) is 21.1 Å². The van der Waals surface area contributed by atoms with E-state index in [0.29, 0.717) is 6.54 Å². The molecule has 0 radical (unpaired) electrons. The first-order valence-electron chi connectivity index (χ1n) is 10.9. The molecule has 0 aliphatic carbocycles. The average Bonchev–Trinajstić information content (AvgIpc) is 3.07. The monoisotopic (exact) mass is 481 g/mol. The van der Waals surface area contributed by atoms with Crippen molar-refractivity contribution in [2.75, 3.05) is 17.2 Å². The van der Waals surface area contributed by atoms with Gasteiger partial charge in [0.25, 0.3) is 5.91 Å². The van der Waals surface area contributed by atoms with Gasteiger partial charge in [0.15, 0.2) is 15.2 Å². The largest absolute Gasteiger partial charge is 0.351 e. The molecule has 1 unspecified atom stereocenters. The van der Waals surface area contributed by atoms with Gasteiger partial charge in [0.05, 0.1) is 5.69 Å². The van der Waals surface area contributed by atoms with E-state index in [1.165, 1.54) is 42.0 Å². The number of nitrogens with zero attached hydrogens (tertiary/aromatic N) is 2. The zero-order valence-corrected chi connectivity index (χ0v) is 19.2. The van der Waals surface area contributed by atoms with Crippen LogP contribution in [-0.4, -0.2) is 37.5 Å². The van der Waals surface area contributed by atoms with Gasteiger partial charge in [0.2, 0.25) is 5.91 Å². The number of benzene rings is 2. The molecular weight excluding hydrogens is 457 g/mol. The Labute approximate surface area is 197 Å². The van der Waals surface area contributed by atoms with Gasteiger partial charge in [0, 0.05) is 12.2 Å². The van der Waals surface area contributed by atoms with Crippen LogP contribution in [0.4, 0.5) is 10.1 Å². The summed E-state index contributed by atoms with van der Waals surface area (Å²) in [5, 5.41) is 1.37. The van der Waals surface area contributed by atoms with Gasteiger partial charge < -0.3 is 5.32 Å². The van der Waals surface area contributed by atoms with Crippen molar-refractivity contribution in [3.05, 3.63) is 95.6 Å². The minimum absolute atomic E-state index is 0.0341. The molecular formula is C25H24FN3O4S. The van der Waals surface area contributed by atoms with Crippen LogP contribution in [0, 0.1) is 5.82 Å². The Morgan fingerprint density at radius 2 is 1.79 bits per heavy atom. The highest BCUT2D eigenvalue weighted by Crippen LogP contribution is 2.36. The lowest BCUT2D eigenvalue weighted by Gasteiger charge is -2.23. The molecule has 1 fully saturated rings. The lowest BCUT2D eigenvalue weighted by atomic mass is 10.1. The van der Waals surface area contributed by atoms with Crippen LogP contribution in [0.3, 0.4) is 0 Å². The maximum atomic E-state index is 13.8. The number of aromatic nitrogens is 1. The molecule has 0 spiro atoms. The summed E-state index contributed by atoms with van der Waals surface area (Å²) in [5.74, 6) is -2.42. The van der Waals surface area contributed by atoms with Crippen LogP contribution in [0.2, 0.25) is 0 Å². The molecule has 176 valence electrons. The predicted molar refractivity (Wildman–Crippen MR) is 126 cm³/mol. The summed E-state index contributed by atoms with van der Waals surface area (Å²) in [6.45, 7) is 0.452. The number of sulfone groups is 1. The molecule has 1 saturated heterocycles. The zero-order valence-electron chi connectivity index (χ0n) is 18.4. The van der Waals surface area contributed by atoms with Gasteiger partial charge >= 0.3 is 0 Å². The number of anilines is 1. The van der Waals surface area contributed by atoms with E-state index in [4.69, 9.17) is 0 Å². The topological polar surface area (TPSA) is 96.4 Å². The molecule has 1 aliphatic heterocycles. The lowest BCUT2D eigenvalue weighted by molar-refractivity contribution is -0.115. The molecule has 1 N–H and O–H groups in total. The Bertz CT molecular complexity index is 1300. The maximum absolute atomic E-state index is 13.8. The molecule has 1 aromatic heterocycles. The van der Waals surface area contributed by atoms with E-state index in [1.807, 2.05) is 18.2 Å². The summed E-state index contributed by atoms with van der Waals surface area (Å²) in [4.78, 5) is 30.4. The fraction of sp³-hybridized carbons (Fsp3) is 0.240. The van der Waals surface area contributed by atoms with Gasteiger partial charge in [0.1, 0.15) is 17.3 Å². The number of amides is 2. The Balaban J connectivity index is 1.46. The van der Waals surface area contributed by atoms with Crippen LogP contribution in [0.15, 0.2) is 72.8 Å². The van der Waals surface area contributed by atoms with E-state index < -0.39 is 38.6 Å². The maximum Gasteiger partial charge on any atom is 0.269 e. The van der Waals surface area contributed by atoms with E-state index >= 15 is 0 Å². The molecule has 0 bridgehead atoms. The molecule has 7 nitrogen and oxygen atoms in total. The van der Waals surface area contributed by atoms with Crippen LogP contribution < -0.4 is 10.2 Å². The Hall–Kier alpha value is -3.59. The average molecular weight is 482 g/mol. The van der Waals surface area contributed by atoms with Gasteiger partial charge in [-0.05, 0) is 55.2 Å². The molecule has 34 heavy (non-hydrogen) atoms. The zero-order chi connectivity index (χ0) is 24.1. The molecule has 1 aliphatic rings. The van der Waals surface area contributed by atoms with Gasteiger partial charge in [-0.15, -0.1) is 0 Å². The van der Waals surface area contributed by atoms with Crippen LogP contribution in [0.25, 0.3) is 0 Å². The summed E-state index contributed by atoms with van der Waals surface area (Å²) in [6, 6.07) is 19.7. The Kier molecular flexibility index (Phi) is 7.02. The van der Waals surface area contributed by atoms with Crippen molar-refractivity contribution < 1.29 is 22.4 Å². The third-order valence-corrected chi connectivity index (χ3v) is 7.31. The summed E-state index contributed by atoms with van der Waals surface area (Å²) in [6.07, 6.45) is 2.59. The molecule has 4 rings (SSSR count). The van der Waals surface area contributed by atoms with Crippen molar-refractivity contribution in [2.45, 2.75) is 24.6 Å². The van der Waals surface area contributed by atoms with Crippen LogP contribution in [0.1, 0.15) is 40.0 Å². The summed E-state index contributed by atoms with van der Waals surface area (Å²) in [7, 11) is -3.93. The van der Waals surface area contributed by atoms with Crippen molar-refractivity contribution in [1.82, 2.24) is 10.3 Å². The smallest absolute Gasteiger partial charge is 0.269 e. The highest BCUT2D eigenvalue weighted by Gasteiger charge is 2.46. The fourth-order valence-corrected chi connectivity index (χ4v) is 5.64. The molecule has 0 saturated carbocycles. The third kappa shape index (κ3) is 5.31. The van der Waals surface area contributed by atoms with Crippen LogP contribution >= 0.6 is 0 Å². The Morgan fingerprint density at radius 3 is 2.56 bits per heavy atom. The summed E-state index contributed by atoms with van der Waals surface area (Å²) in [5.41, 5.74) is 1.44. The number of pyridine rings is 1. The normalized spacial score (nSPS) is 17.0. The SMILES string of the molecule is O=C(NCCCCc1ccccc1)c1cccc(C2N(c3cccc(F)c3)C(=O)CS2(=O)=O)n1. The van der Waals surface area contributed by atoms with Gasteiger partial charge in [-0.1, -0.05) is 42.5 Å². The first kappa shape index (κ1) is 23.6.